The van der Waals surface area contributed by atoms with Crippen molar-refractivity contribution in [3.63, 3.8) is 0 Å². The van der Waals surface area contributed by atoms with Gasteiger partial charge >= 0.3 is 5.97 Å². The summed E-state index contributed by atoms with van der Waals surface area (Å²) >= 11 is 0. The molecule has 34 heavy (non-hydrogen) atoms. The third kappa shape index (κ3) is 3.98. The van der Waals surface area contributed by atoms with Crippen molar-refractivity contribution in [2.24, 2.45) is 0 Å². The first-order chi connectivity index (χ1) is 16.1. The van der Waals surface area contributed by atoms with E-state index in [9.17, 15) is 9.59 Å². The van der Waals surface area contributed by atoms with Crippen molar-refractivity contribution in [1.82, 2.24) is 4.57 Å². The molecule has 2 heterocycles. The number of aromatic nitrogens is 1. The summed E-state index contributed by atoms with van der Waals surface area (Å²) in [7, 11) is 1.34. The predicted octanol–water partition coefficient (Wildman–Crippen LogP) is 5.90. The number of allylic oxidation sites excluding steroid dienone is 1. The molecule has 0 saturated carbocycles. The van der Waals surface area contributed by atoms with Gasteiger partial charge in [0.05, 0.1) is 18.3 Å². The Labute approximate surface area is 201 Å². The Kier molecular flexibility index (Phi) is 6.05. The third-order valence-electron chi connectivity index (χ3n) is 6.32. The SMILES string of the molecule is COC(=O)C1=C(C)N(c2cc(C)cc(C)c2)C(=O)/C1=C\c1cc(C)n(-c2ccc(C)cc2)c1C. The lowest BCUT2D eigenvalue weighted by Gasteiger charge is -2.19. The van der Waals surface area contributed by atoms with Gasteiger partial charge in [-0.2, -0.15) is 0 Å². The minimum atomic E-state index is -0.517. The molecule has 3 aromatic rings. The number of esters is 1. The van der Waals surface area contributed by atoms with Crippen LogP contribution in [0.25, 0.3) is 11.8 Å². The van der Waals surface area contributed by atoms with Crippen LogP contribution in [0.15, 0.2) is 65.4 Å². The molecule has 0 bridgehead atoms. The number of benzene rings is 2. The zero-order valence-electron chi connectivity index (χ0n) is 20.8. The molecule has 1 aromatic heterocycles. The molecule has 0 saturated heterocycles. The zero-order valence-corrected chi connectivity index (χ0v) is 20.8. The molecular formula is C29H30N2O3. The summed E-state index contributed by atoms with van der Waals surface area (Å²) in [6.07, 6.45) is 1.81. The Morgan fingerprint density at radius 2 is 1.44 bits per heavy atom. The van der Waals surface area contributed by atoms with Crippen molar-refractivity contribution in [3.05, 3.63) is 99.0 Å². The molecule has 0 atom stereocenters. The highest BCUT2D eigenvalue weighted by Crippen LogP contribution is 2.37. The second-order valence-electron chi connectivity index (χ2n) is 8.99. The lowest BCUT2D eigenvalue weighted by atomic mass is 10.0. The molecule has 2 aromatic carbocycles. The number of rotatable bonds is 4. The van der Waals surface area contributed by atoms with E-state index in [0.29, 0.717) is 16.8 Å². The van der Waals surface area contributed by atoms with Crippen LogP contribution in [0, 0.1) is 34.6 Å². The molecule has 0 N–H and O–H groups in total. The molecule has 0 aliphatic carbocycles. The third-order valence-corrected chi connectivity index (χ3v) is 6.32. The quantitative estimate of drug-likeness (QED) is 0.364. The highest BCUT2D eigenvalue weighted by molar-refractivity contribution is 6.23. The molecule has 0 radical (unpaired) electrons. The minimum absolute atomic E-state index is 0.233. The Balaban J connectivity index is 1.86. The lowest BCUT2D eigenvalue weighted by molar-refractivity contribution is -0.136. The second-order valence-corrected chi connectivity index (χ2v) is 8.99. The smallest absolute Gasteiger partial charge is 0.340 e. The van der Waals surface area contributed by atoms with Crippen LogP contribution in [0.4, 0.5) is 5.69 Å². The van der Waals surface area contributed by atoms with Gasteiger partial charge in [0.2, 0.25) is 0 Å². The maximum Gasteiger partial charge on any atom is 0.340 e. The summed E-state index contributed by atoms with van der Waals surface area (Å²) in [6, 6.07) is 16.3. The second kappa shape index (κ2) is 8.82. The van der Waals surface area contributed by atoms with E-state index in [1.807, 2.05) is 52.0 Å². The Bertz CT molecular complexity index is 1350. The van der Waals surface area contributed by atoms with Gasteiger partial charge in [0.15, 0.2) is 0 Å². The van der Waals surface area contributed by atoms with Gasteiger partial charge in [-0.1, -0.05) is 23.8 Å². The van der Waals surface area contributed by atoms with Gasteiger partial charge < -0.3 is 9.30 Å². The van der Waals surface area contributed by atoms with Crippen molar-refractivity contribution in [1.29, 1.82) is 0 Å². The molecule has 1 aliphatic rings. The van der Waals surface area contributed by atoms with Crippen molar-refractivity contribution >= 4 is 23.6 Å². The largest absolute Gasteiger partial charge is 0.465 e. The van der Waals surface area contributed by atoms with Gasteiger partial charge in [0.25, 0.3) is 5.91 Å². The first kappa shape index (κ1) is 23.3. The number of amides is 1. The van der Waals surface area contributed by atoms with E-state index >= 15 is 0 Å². The number of carbonyl (C=O) groups excluding carboxylic acids is 2. The number of nitrogens with zero attached hydrogens (tertiary/aromatic N) is 2. The fourth-order valence-electron chi connectivity index (χ4n) is 4.75. The molecule has 4 rings (SSSR count). The zero-order chi connectivity index (χ0) is 24.7. The minimum Gasteiger partial charge on any atom is -0.465 e. The van der Waals surface area contributed by atoms with Crippen LogP contribution in [0.2, 0.25) is 0 Å². The van der Waals surface area contributed by atoms with Crippen LogP contribution < -0.4 is 4.90 Å². The molecular weight excluding hydrogens is 424 g/mol. The van der Waals surface area contributed by atoms with E-state index in [0.717, 1.165) is 39.5 Å². The maximum atomic E-state index is 13.7. The van der Waals surface area contributed by atoms with Crippen LogP contribution in [0.1, 0.15) is 40.6 Å². The standard InChI is InChI=1S/C29H30N2O3/c1-17-8-10-24(11-9-17)30-20(4)15-23(21(30)5)16-26-27(29(33)34-7)22(6)31(28(26)32)25-13-18(2)12-19(3)14-25/h8-16H,1-7H3/b26-16-. The van der Waals surface area contributed by atoms with E-state index in [1.54, 1.807) is 11.8 Å². The van der Waals surface area contributed by atoms with Gasteiger partial charge in [-0.05, 0) is 94.6 Å². The van der Waals surface area contributed by atoms with E-state index in [2.05, 4.69) is 41.8 Å². The van der Waals surface area contributed by atoms with Gasteiger partial charge in [-0.15, -0.1) is 0 Å². The summed E-state index contributed by atoms with van der Waals surface area (Å²) in [5.74, 6) is -0.751. The van der Waals surface area contributed by atoms with Crippen molar-refractivity contribution in [3.8, 4) is 5.69 Å². The van der Waals surface area contributed by atoms with E-state index in [4.69, 9.17) is 4.74 Å². The number of anilines is 1. The van der Waals surface area contributed by atoms with Crippen molar-refractivity contribution in [2.45, 2.75) is 41.5 Å². The lowest BCUT2D eigenvalue weighted by Crippen LogP contribution is -2.24. The molecule has 174 valence electrons. The number of hydrogen-bond donors (Lipinski definition) is 0. The first-order valence-electron chi connectivity index (χ1n) is 11.3. The Morgan fingerprint density at radius 1 is 0.824 bits per heavy atom. The maximum absolute atomic E-state index is 13.7. The molecule has 1 aliphatic heterocycles. The first-order valence-corrected chi connectivity index (χ1v) is 11.3. The molecule has 0 spiro atoms. The molecule has 5 nitrogen and oxygen atoms in total. The van der Waals surface area contributed by atoms with Crippen LogP contribution in [0.3, 0.4) is 0 Å². The van der Waals surface area contributed by atoms with E-state index < -0.39 is 5.97 Å². The number of ether oxygens (including phenoxy) is 1. The topological polar surface area (TPSA) is 51.5 Å². The summed E-state index contributed by atoms with van der Waals surface area (Å²) in [4.78, 5) is 28.1. The average molecular weight is 455 g/mol. The van der Waals surface area contributed by atoms with Gasteiger partial charge in [0, 0.05) is 28.5 Å². The number of aryl methyl sites for hydroxylation is 4. The fraction of sp³-hybridized carbons (Fsp3) is 0.241. The predicted molar refractivity (Wildman–Crippen MR) is 136 cm³/mol. The molecule has 1 amide bonds. The van der Waals surface area contributed by atoms with Gasteiger partial charge in [0.1, 0.15) is 0 Å². The molecule has 0 unspecified atom stereocenters. The average Bonchev–Trinajstić information content (AvgIpc) is 3.19. The molecule has 5 heteroatoms. The number of carbonyl (C=O) groups is 2. The van der Waals surface area contributed by atoms with Crippen LogP contribution >= 0.6 is 0 Å². The van der Waals surface area contributed by atoms with Gasteiger partial charge in [-0.3, -0.25) is 9.69 Å². The summed E-state index contributed by atoms with van der Waals surface area (Å²) in [5, 5.41) is 0. The van der Waals surface area contributed by atoms with Crippen molar-refractivity contribution in [2.75, 3.05) is 12.0 Å². The van der Waals surface area contributed by atoms with Gasteiger partial charge in [-0.25, -0.2) is 4.79 Å². The number of methoxy groups -OCH3 is 1. The monoisotopic (exact) mass is 454 g/mol. The normalized spacial score (nSPS) is 15.0. The fourth-order valence-corrected chi connectivity index (χ4v) is 4.75. The summed E-state index contributed by atoms with van der Waals surface area (Å²) in [6.45, 7) is 11.9. The highest BCUT2D eigenvalue weighted by Gasteiger charge is 2.38. The summed E-state index contributed by atoms with van der Waals surface area (Å²) in [5.41, 5.74) is 9.23. The Morgan fingerprint density at radius 3 is 2.03 bits per heavy atom. The Hall–Kier alpha value is -3.86. The molecule has 0 fully saturated rings. The van der Waals surface area contributed by atoms with E-state index in [1.165, 1.54) is 12.7 Å². The number of hydrogen-bond acceptors (Lipinski definition) is 3. The van der Waals surface area contributed by atoms with Crippen LogP contribution in [-0.4, -0.2) is 23.6 Å². The van der Waals surface area contributed by atoms with E-state index in [-0.39, 0.29) is 5.91 Å². The highest BCUT2D eigenvalue weighted by atomic mass is 16.5. The summed E-state index contributed by atoms with van der Waals surface area (Å²) < 4.78 is 7.22. The van der Waals surface area contributed by atoms with Crippen molar-refractivity contribution < 1.29 is 14.3 Å². The van der Waals surface area contributed by atoms with Crippen LogP contribution in [-0.2, 0) is 14.3 Å². The van der Waals surface area contributed by atoms with Crippen LogP contribution in [0.5, 0.6) is 0 Å².